The van der Waals surface area contributed by atoms with Gasteiger partial charge in [0.1, 0.15) is 11.6 Å². The van der Waals surface area contributed by atoms with Crippen molar-refractivity contribution in [3.63, 3.8) is 0 Å². The van der Waals surface area contributed by atoms with E-state index in [9.17, 15) is 4.39 Å². The van der Waals surface area contributed by atoms with Crippen LogP contribution in [0.3, 0.4) is 0 Å². The summed E-state index contributed by atoms with van der Waals surface area (Å²) in [5.41, 5.74) is -0.298. The molecule has 0 spiro atoms. The fraction of sp³-hybridized carbons (Fsp3) is 0.421. The standard InChI is InChI=1S/C19H18F2N4O2/c20-14-5-3-13(4-6-14)17-22-18(27-24-17)19(21)7-8-25(11-19)10-15-9-16(26-23-15)12-1-2-12/h3-6,9,12H,1-2,7-8,10-11H2. The van der Waals surface area contributed by atoms with Crippen molar-refractivity contribution in [2.75, 3.05) is 13.1 Å². The van der Waals surface area contributed by atoms with Crippen molar-refractivity contribution in [3.05, 3.63) is 53.5 Å². The molecule has 0 amide bonds. The minimum absolute atomic E-state index is 0.0388. The molecule has 0 radical (unpaired) electrons. The molecule has 1 aliphatic carbocycles. The van der Waals surface area contributed by atoms with Gasteiger partial charge in [-0.05, 0) is 37.1 Å². The second-order valence-electron chi connectivity index (χ2n) is 7.35. The molecule has 3 heterocycles. The Morgan fingerprint density at radius 3 is 2.74 bits per heavy atom. The van der Waals surface area contributed by atoms with E-state index in [-0.39, 0.29) is 30.5 Å². The minimum Gasteiger partial charge on any atom is -0.361 e. The van der Waals surface area contributed by atoms with E-state index in [1.165, 1.54) is 24.3 Å². The molecule has 1 aromatic carbocycles. The van der Waals surface area contributed by atoms with Crippen LogP contribution in [0.15, 0.2) is 39.4 Å². The summed E-state index contributed by atoms with van der Waals surface area (Å²) in [6, 6.07) is 7.66. The first kappa shape index (κ1) is 16.6. The monoisotopic (exact) mass is 372 g/mol. The highest BCUT2D eigenvalue weighted by molar-refractivity contribution is 5.53. The third-order valence-corrected chi connectivity index (χ3v) is 5.15. The number of aromatic nitrogens is 3. The number of likely N-dealkylation sites (tertiary alicyclic amines) is 1. The molecule has 6 nitrogen and oxygen atoms in total. The van der Waals surface area contributed by atoms with Crippen LogP contribution >= 0.6 is 0 Å². The van der Waals surface area contributed by atoms with Crippen LogP contribution in [0.2, 0.25) is 0 Å². The number of rotatable bonds is 5. The maximum absolute atomic E-state index is 15.4. The Morgan fingerprint density at radius 1 is 1.15 bits per heavy atom. The highest BCUT2D eigenvalue weighted by atomic mass is 19.1. The Labute approximate surface area is 154 Å². The largest absolute Gasteiger partial charge is 0.361 e. The molecule has 8 heteroatoms. The molecule has 1 atom stereocenters. The van der Waals surface area contributed by atoms with Crippen molar-refractivity contribution < 1.29 is 17.8 Å². The number of hydrogen-bond acceptors (Lipinski definition) is 6. The summed E-state index contributed by atoms with van der Waals surface area (Å²) in [5, 5.41) is 7.94. The zero-order chi connectivity index (χ0) is 18.4. The quantitative estimate of drug-likeness (QED) is 0.678. The number of nitrogens with zero attached hydrogens (tertiary/aromatic N) is 4. The van der Waals surface area contributed by atoms with E-state index < -0.39 is 5.67 Å². The Bertz CT molecular complexity index is 951. The van der Waals surface area contributed by atoms with Gasteiger partial charge in [0.15, 0.2) is 0 Å². The summed E-state index contributed by atoms with van der Waals surface area (Å²) in [5.74, 6) is 1.30. The molecule has 1 aliphatic heterocycles. The topological polar surface area (TPSA) is 68.2 Å². The first-order chi connectivity index (χ1) is 13.1. The molecule has 27 heavy (non-hydrogen) atoms. The first-order valence-electron chi connectivity index (χ1n) is 9.06. The van der Waals surface area contributed by atoms with Crippen molar-refractivity contribution in [1.29, 1.82) is 0 Å². The van der Waals surface area contributed by atoms with Gasteiger partial charge in [0.25, 0.3) is 5.89 Å². The average molecular weight is 372 g/mol. The van der Waals surface area contributed by atoms with E-state index in [1.54, 1.807) is 0 Å². The van der Waals surface area contributed by atoms with Crippen LogP contribution in [0.1, 0.15) is 42.5 Å². The Balaban J connectivity index is 1.28. The second kappa shape index (κ2) is 6.23. The van der Waals surface area contributed by atoms with Gasteiger partial charge >= 0.3 is 0 Å². The van der Waals surface area contributed by atoms with E-state index in [2.05, 4.69) is 15.3 Å². The number of benzene rings is 1. The van der Waals surface area contributed by atoms with Gasteiger partial charge in [0.05, 0.1) is 5.69 Å². The summed E-state index contributed by atoms with van der Waals surface area (Å²) >= 11 is 0. The molecular weight excluding hydrogens is 354 g/mol. The van der Waals surface area contributed by atoms with Crippen LogP contribution in [-0.2, 0) is 12.2 Å². The molecule has 2 fully saturated rings. The lowest BCUT2D eigenvalue weighted by molar-refractivity contribution is 0.115. The predicted molar refractivity (Wildman–Crippen MR) is 90.9 cm³/mol. The van der Waals surface area contributed by atoms with Crippen molar-refractivity contribution in [2.45, 2.75) is 37.4 Å². The van der Waals surface area contributed by atoms with Gasteiger partial charge in [-0.15, -0.1) is 0 Å². The van der Waals surface area contributed by atoms with Crippen LogP contribution in [0.4, 0.5) is 8.78 Å². The van der Waals surface area contributed by atoms with E-state index in [1.807, 2.05) is 11.0 Å². The molecule has 3 aromatic rings. The first-order valence-corrected chi connectivity index (χ1v) is 9.06. The highest BCUT2D eigenvalue weighted by Crippen LogP contribution is 2.41. The number of alkyl halides is 1. The lowest BCUT2D eigenvalue weighted by atomic mass is 10.1. The normalized spacial score (nSPS) is 23.2. The molecular formula is C19H18F2N4O2. The molecule has 0 N–H and O–H groups in total. The van der Waals surface area contributed by atoms with Crippen molar-refractivity contribution in [3.8, 4) is 11.4 Å². The number of hydrogen-bond donors (Lipinski definition) is 0. The van der Waals surface area contributed by atoms with Gasteiger partial charge in [-0.3, -0.25) is 4.90 Å². The third kappa shape index (κ3) is 3.25. The van der Waals surface area contributed by atoms with Crippen LogP contribution in [0.5, 0.6) is 0 Å². The Kier molecular flexibility index (Phi) is 3.82. The molecule has 2 aromatic heterocycles. The van der Waals surface area contributed by atoms with Gasteiger partial charge in [-0.1, -0.05) is 10.3 Å². The molecule has 2 aliphatic rings. The fourth-order valence-corrected chi connectivity index (χ4v) is 3.47. The Morgan fingerprint density at radius 2 is 1.96 bits per heavy atom. The summed E-state index contributed by atoms with van der Waals surface area (Å²) < 4.78 is 39.0. The molecule has 5 rings (SSSR count). The van der Waals surface area contributed by atoms with Crippen molar-refractivity contribution in [2.24, 2.45) is 0 Å². The second-order valence-corrected chi connectivity index (χ2v) is 7.35. The predicted octanol–water partition coefficient (Wildman–Crippen LogP) is 3.81. The molecule has 0 bridgehead atoms. The molecule has 1 saturated carbocycles. The smallest absolute Gasteiger partial charge is 0.266 e. The summed E-state index contributed by atoms with van der Waals surface area (Å²) in [7, 11) is 0. The van der Waals surface area contributed by atoms with E-state index in [0.717, 1.165) is 24.3 Å². The van der Waals surface area contributed by atoms with Gasteiger partial charge in [0.2, 0.25) is 11.5 Å². The van der Waals surface area contributed by atoms with Crippen molar-refractivity contribution in [1.82, 2.24) is 20.2 Å². The number of halogens is 2. The maximum atomic E-state index is 15.4. The van der Waals surface area contributed by atoms with Crippen LogP contribution < -0.4 is 0 Å². The average Bonchev–Trinajstić information content (AvgIpc) is 3.07. The summed E-state index contributed by atoms with van der Waals surface area (Å²) in [6.07, 6.45) is 2.57. The molecule has 1 unspecified atom stereocenters. The van der Waals surface area contributed by atoms with Crippen LogP contribution in [-0.4, -0.2) is 33.3 Å². The minimum atomic E-state index is -1.70. The zero-order valence-electron chi connectivity index (χ0n) is 14.6. The zero-order valence-corrected chi connectivity index (χ0v) is 14.6. The summed E-state index contributed by atoms with van der Waals surface area (Å²) in [6.45, 7) is 1.25. The fourth-order valence-electron chi connectivity index (χ4n) is 3.47. The van der Waals surface area contributed by atoms with E-state index in [4.69, 9.17) is 9.05 Å². The van der Waals surface area contributed by atoms with Gasteiger partial charge < -0.3 is 9.05 Å². The SMILES string of the molecule is Fc1ccc(-c2noc(C3(F)CCN(Cc4cc(C5CC5)on4)C3)n2)cc1. The molecule has 1 saturated heterocycles. The third-order valence-electron chi connectivity index (χ3n) is 5.15. The lowest BCUT2D eigenvalue weighted by Crippen LogP contribution is -2.27. The van der Waals surface area contributed by atoms with Crippen molar-refractivity contribution >= 4 is 0 Å². The highest BCUT2D eigenvalue weighted by Gasteiger charge is 2.45. The Hall–Kier alpha value is -2.61. The van der Waals surface area contributed by atoms with Gasteiger partial charge in [-0.2, -0.15) is 4.98 Å². The van der Waals surface area contributed by atoms with Crippen LogP contribution in [0.25, 0.3) is 11.4 Å². The van der Waals surface area contributed by atoms with Gasteiger partial charge in [0, 0.05) is 43.6 Å². The lowest BCUT2D eigenvalue weighted by Gasteiger charge is -2.16. The van der Waals surface area contributed by atoms with Gasteiger partial charge in [-0.25, -0.2) is 8.78 Å². The van der Waals surface area contributed by atoms with Crippen LogP contribution in [0, 0.1) is 5.82 Å². The maximum Gasteiger partial charge on any atom is 0.266 e. The van der Waals surface area contributed by atoms with E-state index >= 15 is 4.39 Å². The van der Waals surface area contributed by atoms with E-state index in [0.29, 0.717) is 24.6 Å². The summed E-state index contributed by atoms with van der Waals surface area (Å²) in [4.78, 5) is 6.17. The molecule has 140 valence electrons.